The van der Waals surface area contributed by atoms with Crippen LogP contribution in [-0.4, -0.2) is 44.9 Å². The molecule has 0 fully saturated rings. The number of aromatic nitrogens is 2. The number of carboxylic acids is 1. The lowest BCUT2D eigenvalue weighted by Crippen LogP contribution is -2.36. The summed E-state index contributed by atoms with van der Waals surface area (Å²) in [6.07, 6.45) is -3.51. The van der Waals surface area contributed by atoms with Gasteiger partial charge in [0.2, 0.25) is 5.91 Å². The molecule has 0 saturated carbocycles. The second-order valence-electron chi connectivity index (χ2n) is 7.08. The van der Waals surface area contributed by atoms with E-state index >= 15 is 0 Å². The molecule has 0 aliphatic heterocycles. The number of furan rings is 1. The Hall–Kier alpha value is -3.89. The Morgan fingerprint density at radius 2 is 1.76 bits per heavy atom. The molecule has 11 heteroatoms. The quantitative estimate of drug-likeness (QED) is 0.617. The van der Waals surface area contributed by atoms with Gasteiger partial charge in [0.15, 0.2) is 0 Å². The molecule has 2 heterocycles. The van der Waals surface area contributed by atoms with Gasteiger partial charge in [-0.15, -0.1) is 0 Å². The van der Waals surface area contributed by atoms with E-state index in [1.54, 1.807) is 30.3 Å². The van der Waals surface area contributed by atoms with E-state index in [9.17, 15) is 22.8 Å². The van der Waals surface area contributed by atoms with Crippen LogP contribution in [0.25, 0.3) is 11.3 Å². The average Bonchev–Trinajstić information content (AvgIpc) is 3.29. The summed E-state index contributed by atoms with van der Waals surface area (Å²) in [5, 5.41) is 11.5. The molecule has 176 valence electrons. The number of carbonyl (C=O) groups is 2. The fraction of sp³-hybridized carbons (Fsp3) is 0.273. The van der Waals surface area contributed by atoms with Gasteiger partial charge in [0, 0.05) is 18.7 Å². The maximum Gasteiger partial charge on any atom is 0.490 e. The van der Waals surface area contributed by atoms with E-state index in [-0.39, 0.29) is 24.1 Å². The lowest BCUT2D eigenvalue weighted by Gasteiger charge is -2.23. The molecule has 0 bridgehead atoms. The van der Waals surface area contributed by atoms with Crippen molar-refractivity contribution in [2.45, 2.75) is 32.6 Å². The smallest absolute Gasteiger partial charge is 0.475 e. The molecule has 0 radical (unpaired) electrons. The van der Waals surface area contributed by atoms with Crippen LogP contribution in [0.15, 0.2) is 64.0 Å². The minimum atomic E-state index is -5.08. The van der Waals surface area contributed by atoms with Crippen LogP contribution < -0.4 is 5.56 Å². The first-order chi connectivity index (χ1) is 15.4. The minimum absolute atomic E-state index is 0.125. The molecule has 3 aromatic rings. The first kappa shape index (κ1) is 25.4. The first-order valence-electron chi connectivity index (χ1n) is 9.64. The monoisotopic (exact) mass is 465 g/mol. The predicted molar refractivity (Wildman–Crippen MR) is 112 cm³/mol. The van der Waals surface area contributed by atoms with Gasteiger partial charge in [-0.3, -0.25) is 9.59 Å². The Bertz CT molecular complexity index is 1140. The highest BCUT2D eigenvalue weighted by Crippen LogP contribution is 2.19. The van der Waals surface area contributed by atoms with E-state index in [1.807, 2.05) is 44.2 Å². The van der Waals surface area contributed by atoms with Crippen molar-refractivity contribution >= 4 is 11.9 Å². The second kappa shape index (κ2) is 10.6. The number of amides is 1. The van der Waals surface area contributed by atoms with E-state index in [4.69, 9.17) is 14.3 Å². The molecular formula is C22H22F3N3O5. The van der Waals surface area contributed by atoms with Crippen LogP contribution in [0.2, 0.25) is 0 Å². The normalized spacial score (nSPS) is 11.8. The molecule has 0 aliphatic rings. The van der Waals surface area contributed by atoms with Crippen LogP contribution in [0, 0.1) is 6.92 Å². The van der Waals surface area contributed by atoms with E-state index in [0.717, 1.165) is 11.1 Å². The molecule has 0 saturated heterocycles. The van der Waals surface area contributed by atoms with Crippen LogP contribution in [0.4, 0.5) is 13.2 Å². The number of nitrogens with zero attached hydrogens (tertiary/aromatic N) is 3. The summed E-state index contributed by atoms with van der Waals surface area (Å²) in [6, 6.07) is 14.3. The van der Waals surface area contributed by atoms with Crippen LogP contribution >= 0.6 is 0 Å². The molecule has 33 heavy (non-hydrogen) atoms. The highest BCUT2D eigenvalue weighted by Gasteiger charge is 2.38. The molecule has 0 aliphatic carbocycles. The van der Waals surface area contributed by atoms with Gasteiger partial charge in [0.05, 0.1) is 18.0 Å². The summed E-state index contributed by atoms with van der Waals surface area (Å²) >= 11 is 0. The third-order valence-corrected chi connectivity index (χ3v) is 4.67. The number of aryl methyl sites for hydroxylation is 1. The van der Waals surface area contributed by atoms with Crippen molar-refractivity contribution < 1.29 is 32.3 Å². The van der Waals surface area contributed by atoms with Gasteiger partial charge in [-0.25, -0.2) is 9.48 Å². The summed E-state index contributed by atoms with van der Waals surface area (Å²) in [5.74, 6) is -2.29. The average molecular weight is 465 g/mol. The van der Waals surface area contributed by atoms with Gasteiger partial charge in [0.1, 0.15) is 12.3 Å². The molecule has 0 spiro atoms. The molecular weight excluding hydrogens is 443 g/mol. The zero-order valence-electron chi connectivity index (χ0n) is 18.0. The zero-order chi connectivity index (χ0) is 24.8. The number of hydrogen-bond acceptors (Lipinski definition) is 5. The topological polar surface area (TPSA) is 106 Å². The van der Waals surface area contributed by atoms with Gasteiger partial charge >= 0.3 is 12.1 Å². The van der Waals surface area contributed by atoms with E-state index in [0.29, 0.717) is 11.5 Å². The van der Waals surface area contributed by atoms with Crippen LogP contribution in [0.5, 0.6) is 0 Å². The highest BCUT2D eigenvalue weighted by atomic mass is 19.4. The number of likely N-dealkylation sites (N-methyl/N-ethyl adjacent to an activating group) is 1. The number of alkyl halides is 3. The Kier molecular flexibility index (Phi) is 8.16. The zero-order valence-corrected chi connectivity index (χ0v) is 18.0. The summed E-state index contributed by atoms with van der Waals surface area (Å²) in [7, 11) is 1.68. The van der Waals surface area contributed by atoms with E-state index in [1.165, 1.54) is 10.7 Å². The number of carbonyl (C=O) groups excluding carboxylic acids is 1. The fourth-order valence-corrected chi connectivity index (χ4v) is 2.62. The van der Waals surface area contributed by atoms with Crippen molar-refractivity contribution in [1.29, 1.82) is 0 Å². The van der Waals surface area contributed by atoms with Crippen molar-refractivity contribution in [3.05, 3.63) is 76.5 Å². The van der Waals surface area contributed by atoms with Crippen LogP contribution in [0.1, 0.15) is 24.3 Å². The Labute approximate surface area is 186 Å². The summed E-state index contributed by atoms with van der Waals surface area (Å²) in [6.45, 7) is 3.75. The molecule has 3 rings (SSSR count). The van der Waals surface area contributed by atoms with Crippen molar-refractivity contribution in [1.82, 2.24) is 14.7 Å². The maximum atomic E-state index is 12.6. The number of aliphatic carboxylic acids is 1. The summed E-state index contributed by atoms with van der Waals surface area (Å²) < 4.78 is 38.3. The molecule has 1 unspecified atom stereocenters. The number of hydrogen-bond donors (Lipinski definition) is 1. The number of benzene rings is 1. The minimum Gasteiger partial charge on any atom is -0.475 e. The molecule has 1 amide bonds. The molecule has 2 aromatic heterocycles. The van der Waals surface area contributed by atoms with Crippen LogP contribution in [0.3, 0.4) is 0 Å². The van der Waals surface area contributed by atoms with Crippen molar-refractivity contribution in [2.24, 2.45) is 0 Å². The van der Waals surface area contributed by atoms with Crippen LogP contribution in [-0.2, 0) is 16.1 Å². The molecule has 1 atom stereocenters. The van der Waals surface area contributed by atoms with E-state index in [2.05, 4.69) is 5.10 Å². The third-order valence-electron chi connectivity index (χ3n) is 4.67. The summed E-state index contributed by atoms with van der Waals surface area (Å²) in [4.78, 5) is 35.1. The standard InChI is InChI=1S/C20H21N3O3.C2HF3O2/c1-14-6-8-16(9-7-14)17-10-11-19(24)23(21-17)13-20(25)22(3)15(2)18-5-4-12-26-18;3-2(4,5)1(6)7/h4-12,15H,13H2,1-3H3;(H,6,7). The number of rotatable bonds is 5. The molecule has 1 aromatic carbocycles. The van der Waals surface area contributed by atoms with Gasteiger partial charge < -0.3 is 14.4 Å². The molecule has 1 N–H and O–H groups in total. The van der Waals surface area contributed by atoms with Gasteiger partial charge in [-0.1, -0.05) is 29.8 Å². The lowest BCUT2D eigenvalue weighted by atomic mass is 10.1. The Balaban J connectivity index is 0.000000479. The van der Waals surface area contributed by atoms with E-state index < -0.39 is 12.1 Å². The largest absolute Gasteiger partial charge is 0.490 e. The Morgan fingerprint density at radius 1 is 1.15 bits per heavy atom. The first-order valence-corrected chi connectivity index (χ1v) is 9.64. The van der Waals surface area contributed by atoms with Crippen molar-refractivity contribution in [2.75, 3.05) is 7.05 Å². The molecule has 8 nitrogen and oxygen atoms in total. The third kappa shape index (κ3) is 7.06. The number of halogens is 3. The maximum absolute atomic E-state index is 12.6. The van der Waals surface area contributed by atoms with Gasteiger partial charge in [-0.2, -0.15) is 18.3 Å². The predicted octanol–water partition coefficient (Wildman–Crippen LogP) is 3.66. The highest BCUT2D eigenvalue weighted by molar-refractivity contribution is 5.76. The van der Waals surface area contributed by atoms with Gasteiger partial charge in [-0.05, 0) is 32.0 Å². The second-order valence-corrected chi connectivity index (χ2v) is 7.08. The summed E-state index contributed by atoms with van der Waals surface area (Å²) in [5.41, 5.74) is 2.38. The fourth-order valence-electron chi connectivity index (χ4n) is 2.62. The van der Waals surface area contributed by atoms with Crippen molar-refractivity contribution in [3.8, 4) is 11.3 Å². The lowest BCUT2D eigenvalue weighted by molar-refractivity contribution is -0.192. The Morgan fingerprint density at radius 3 is 2.27 bits per heavy atom. The van der Waals surface area contributed by atoms with Gasteiger partial charge in [0.25, 0.3) is 5.56 Å². The SMILES string of the molecule is Cc1ccc(-c2ccc(=O)n(CC(=O)N(C)C(C)c3ccco3)n2)cc1.O=C(O)C(F)(F)F. The number of carboxylic acid groups (broad SMARTS) is 1. The van der Waals surface area contributed by atoms with Crippen molar-refractivity contribution in [3.63, 3.8) is 0 Å².